The first kappa shape index (κ1) is 15.5. The number of rotatable bonds is 6. The van der Waals surface area contributed by atoms with Crippen molar-refractivity contribution in [3.05, 3.63) is 22.4 Å². The summed E-state index contributed by atoms with van der Waals surface area (Å²) in [7, 11) is 1.61. The lowest BCUT2D eigenvalue weighted by Gasteiger charge is -2.26. The SMILES string of the molecule is CC(c1cccs1)N(C)C(=O)N[C@@H](CCO)C(=O)O. The van der Waals surface area contributed by atoms with E-state index in [2.05, 4.69) is 5.32 Å². The minimum absolute atomic E-state index is 0.0116. The van der Waals surface area contributed by atoms with Crippen LogP contribution in [0.2, 0.25) is 0 Å². The third-order valence-electron chi connectivity index (χ3n) is 2.87. The van der Waals surface area contributed by atoms with E-state index in [1.165, 1.54) is 16.2 Å². The molecule has 0 saturated carbocycles. The number of aliphatic carboxylic acids is 1. The maximum absolute atomic E-state index is 11.9. The number of carboxylic acid groups (broad SMARTS) is 1. The number of carbonyl (C=O) groups excluding carboxylic acids is 1. The van der Waals surface area contributed by atoms with Gasteiger partial charge in [0.1, 0.15) is 6.04 Å². The van der Waals surface area contributed by atoms with E-state index in [1.54, 1.807) is 7.05 Å². The summed E-state index contributed by atoms with van der Waals surface area (Å²) < 4.78 is 0. The van der Waals surface area contributed by atoms with Gasteiger partial charge in [-0.2, -0.15) is 0 Å². The zero-order valence-corrected chi connectivity index (χ0v) is 11.7. The number of nitrogens with one attached hydrogen (secondary N) is 1. The van der Waals surface area contributed by atoms with E-state index in [9.17, 15) is 9.59 Å². The van der Waals surface area contributed by atoms with E-state index in [0.717, 1.165) is 4.88 Å². The van der Waals surface area contributed by atoms with Crippen LogP contribution in [0.1, 0.15) is 24.3 Å². The molecule has 6 nitrogen and oxygen atoms in total. The maximum Gasteiger partial charge on any atom is 0.326 e. The Morgan fingerprint density at radius 2 is 2.21 bits per heavy atom. The molecule has 0 fully saturated rings. The molecule has 0 aromatic carbocycles. The summed E-state index contributed by atoms with van der Waals surface area (Å²) in [6.07, 6.45) is -0.0116. The molecular weight excluding hydrogens is 268 g/mol. The van der Waals surface area contributed by atoms with Gasteiger partial charge in [0.15, 0.2) is 0 Å². The highest BCUT2D eigenvalue weighted by Crippen LogP contribution is 2.23. The Hall–Kier alpha value is -1.60. The van der Waals surface area contributed by atoms with Gasteiger partial charge in [-0.1, -0.05) is 6.07 Å². The number of hydrogen-bond acceptors (Lipinski definition) is 4. The predicted octanol–water partition coefficient (Wildman–Crippen LogP) is 1.29. The van der Waals surface area contributed by atoms with Crippen molar-refractivity contribution in [1.29, 1.82) is 0 Å². The largest absolute Gasteiger partial charge is 0.480 e. The maximum atomic E-state index is 11.9. The number of nitrogens with zero attached hydrogens (tertiary/aromatic N) is 1. The number of thiophene rings is 1. The first-order chi connectivity index (χ1) is 8.97. The molecule has 1 rings (SSSR count). The Labute approximate surface area is 115 Å². The van der Waals surface area contributed by atoms with Gasteiger partial charge in [-0.25, -0.2) is 9.59 Å². The number of hydrogen-bond donors (Lipinski definition) is 3. The monoisotopic (exact) mass is 286 g/mol. The van der Waals surface area contributed by atoms with Crippen LogP contribution in [0.4, 0.5) is 4.79 Å². The molecule has 19 heavy (non-hydrogen) atoms. The second kappa shape index (κ2) is 7.10. The van der Waals surface area contributed by atoms with Crippen LogP contribution in [0.15, 0.2) is 17.5 Å². The van der Waals surface area contributed by atoms with Crippen LogP contribution in [-0.4, -0.2) is 46.8 Å². The van der Waals surface area contributed by atoms with Gasteiger partial charge in [0.25, 0.3) is 0 Å². The third kappa shape index (κ3) is 4.22. The molecule has 0 bridgehead atoms. The Balaban J connectivity index is 2.63. The Morgan fingerprint density at radius 3 is 2.68 bits per heavy atom. The summed E-state index contributed by atoms with van der Waals surface area (Å²) in [6.45, 7) is 1.58. The van der Waals surface area contributed by atoms with Crippen molar-refractivity contribution < 1.29 is 19.8 Å². The lowest BCUT2D eigenvalue weighted by atomic mass is 10.2. The summed E-state index contributed by atoms with van der Waals surface area (Å²) in [5.74, 6) is -1.15. The average Bonchev–Trinajstić information content (AvgIpc) is 2.89. The highest BCUT2D eigenvalue weighted by Gasteiger charge is 2.24. The van der Waals surface area contributed by atoms with E-state index < -0.39 is 18.0 Å². The molecular formula is C12H18N2O4S. The molecule has 1 unspecified atom stereocenters. The van der Waals surface area contributed by atoms with Crippen LogP contribution < -0.4 is 5.32 Å². The standard InChI is InChI=1S/C12H18N2O4S/c1-8(10-4-3-7-19-10)14(2)12(18)13-9(5-6-15)11(16)17/h3-4,7-9,15H,5-6H2,1-2H3,(H,13,18)(H,16,17)/t8?,9-/m0/s1. The van der Waals surface area contributed by atoms with Crippen LogP contribution in [-0.2, 0) is 4.79 Å². The number of aliphatic hydroxyl groups excluding tert-OH is 1. The highest BCUT2D eigenvalue weighted by molar-refractivity contribution is 7.10. The molecule has 0 aliphatic heterocycles. The van der Waals surface area contributed by atoms with Crippen molar-refractivity contribution >= 4 is 23.3 Å². The van der Waals surface area contributed by atoms with Crippen LogP contribution in [0.3, 0.4) is 0 Å². The zero-order chi connectivity index (χ0) is 14.4. The van der Waals surface area contributed by atoms with Gasteiger partial charge in [0.2, 0.25) is 0 Å². The number of carbonyl (C=O) groups is 2. The number of aliphatic hydroxyl groups is 1. The molecule has 0 radical (unpaired) electrons. The van der Waals surface area contributed by atoms with Gasteiger partial charge >= 0.3 is 12.0 Å². The molecule has 106 valence electrons. The topological polar surface area (TPSA) is 89.9 Å². The Morgan fingerprint density at radius 1 is 1.53 bits per heavy atom. The Kier molecular flexibility index (Phi) is 5.78. The highest BCUT2D eigenvalue weighted by atomic mass is 32.1. The van der Waals surface area contributed by atoms with E-state index in [4.69, 9.17) is 10.2 Å². The van der Waals surface area contributed by atoms with Crippen LogP contribution >= 0.6 is 11.3 Å². The molecule has 7 heteroatoms. The molecule has 1 aromatic rings. The van der Waals surface area contributed by atoms with E-state index >= 15 is 0 Å². The molecule has 0 spiro atoms. The van der Waals surface area contributed by atoms with E-state index in [1.807, 2.05) is 24.4 Å². The fourth-order valence-electron chi connectivity index (χ4n) is 1.53. The molecule has 0 saturated heterocycles. The zero-order valence-electron chi connectivity index (χ0n) is 10.9. The molecule has 0 aliphatic carbocycles. The third-order valence-corrected chi connectivity index (χ3v) is 3.91. The van der Waals surface area contributed by atoms with E-state index in [0.29, 0.717) is 0 Å². The van der Waals surface area contributed by atoms with Crippen molar-refractivity contribution in [2.45, 2.75) is 25.4 Å². The molecule has 1 heterocycles. The lowest BCUT2D eigenvalue weighted by Crippen LogP contribution is -2.47. The molecule has 2 amide bonds. The first-order valence-corrected chi connectivity index (χ1v) is 6.75. The molecule has 0 aliphatic rings. The summed E-state index contributed by atoms with van der Waals surface area (Å²) in [4.78, 5) is 25.3. The van der Waals surface area contributed by atoms with Gasteiger partial charge in [-0.3, -0.25) is 0 Å². The van der Waals surface area contributed by atoms with Gasteiger partial charge in [0, 0.05) is 25.0 Å². The van der Waals surface area contributed by atoms with Gasteiger partial charge in [-0.05, 0) is 18.4 Å². The van der Waals surface area contributed by atoms with E-state index in [-0.39, 0.29) is 19.1 Å². The molecule has 3 N–H and O–H groups in total. The van der Waals surface area contributed by atoms with Crippen molar-refractivity contribution in [3.63, 3.8) is 0 Å². The average molecular weight is 286 g/mol. The predicted molar refractivity (Wildman–Crippen MR) is 72.2 cm³/mol. The normalized spacial score (nSPS) is 13.6. The van der Waals surface area contributed by atoms with Crippen molar-refractivity contribution in [3.8, 4) is 0 Å². The minimum Gasteiger partial charge on any atom is -0.480 e. The van der Waals surface area contributed by atoms with Crippen LogP contribution in [0.25, 0.3) is 0 Å². The second-order valence-electron chi connectivity index (χ2n) is 4.15. The first-order valence-electron chi connectivity index (χ1n) is 5.87. The van der Waals surface area contributed by atoms with Crippen LogP contribution in [0, 0.1) is 0 Å². The molecule has 2 atom stereocenters. The van der Waals surface area contributed by atoms with Gasteiger partial charge in [-0.15, -0.1) is 11.3 Å². The van der Waals surface area contributed by atoms with Crippen molar-refractivity contribution in [1.82, 2.24) is 10.2 Å². The second-order valence-corrected chi connectivity index (χ2v) is 5.13. The summed E-state index contributed by atoms with van der Waals surface area (Å²) >= 11 is 1.53. The quantitative estimate of drug-likeness (QED) is 0.735. The minimum atomic E-state index is -1.15. The van der Waals surface area contributed by atoms with Crippen LogP contribution in [0.5, 0.6) is 0 Å². The Bertz CT molecular complexity index is 421. The smallest absolute Gasteiger partial charge is 0.326 e. The summed E-state index contributed by atoms with van der Waals surface area (Å²) in [6, 6.07) is 2.14. The van der Waals surface area contributed by atoms with Gasteiger partial charge in [0.05, 0.1) is 6.04 Å². The number of urea groups is 1. The lowest BCUT2D eigenvalue weighted by molar-refractivity contribution is -0.139. The number of amides is 2. The fourth-order valence-corrected chi connectivity index (χ4v) is 2.36. The van der Waals surface area contributed by atoms with Crippen molar-refractivity contribution in [2.75, 3.05) is 13.7 Å². The van der Waals surface area contributed by atoms with Crippen molar-refractivity contribution in [2.24, 2.45) is 0 Å². The molecule has 1 aromatic heterocycles. The summed E-state index contributed by atoms with van der Waals surface area (Å²) in [5.41, 5.74) is 0. The fraction of sp³-hybridized carbons (Fsp3) is 0.500. The summed E-state index contributed by atoms with van der Waals surface area (Å²) in [5, 5.41) is 22.0. The van der Waals surface area contributed by atoms with Gasteiger partial charge < -0.3 is 20.4 Å². The number of carboxylic acids is 1.